The van der Waals surface area contributed by atoms with Gasteiger partial charge in [0.2, 0.25) is 0 Å². The Hall–Kier alpha value is -3.23. The monoisotopic (exact) mass is 414 g/mol. The van der Waals surface area contributed by atoms with Gasteiger partial charge in [-0.1, -0.05) is 25.5 Å². The molecular weight excluding hydrogens is 388 g/mol. The van der Waals surface area contributed by atoms with Crippen LogP contribution < -0.4 is 10.9 Å². The quantitative estimate of drug-likeness (QED) is 0.657. The lowest BCUT2D eigenvalue weighted by atomic mass is 10.2. The minimum atomic E-state index is -1.08. The van der Waals surface area contributed by atoms with E-state index in [1.54, 1.807) is 4.57 Å². The molecule has 0 spiro atoms. The van der Waals surface area contributed by atoms with Gasteiger partial charge in [-0.15, -0.1) is 0 Å². The molecule has 2 heterocycles. The summed E-state index contributed by atoms with van der Waals surface area (Å²) in [5, 5.41) is 2.53. The molecule has 9 heteroatoms. The van der Waals surface area contributed by atoms with Crippen LogP contribution in [0.2, 0.25) is 0 Å². The lowest BCUT2D eigenvalue weighted by Gasteiger charge is -2.18. The largest absolute Gasteiger partial charge is 0.453 e. The molecule has 1 N–H and O–H groups in total. The summed E-state index contributed by atoms with van der Waals surface area (Å²) in [5.74, 6) is -1.19. The Morgan fingerprint density at radius 3 is 2.73 bits per heavy atom. The molecule has 1 atom stereocenters. The van der Waals surface area contributed by atoms with Crippen LogP contribution in [0.15, 0.2) is 29.1 Å². The summed E-state index contributed by atoms with van der Waals surface area (Å²) in [6, 6.07) is 6.92. The fraction of sp³-hybridized carbons (Fsp3) is 0.476. The maximum Gasteiger partial charge on any atom is 0.324 e. The van der Waals surface area contributed by atoms with Gasteiger partial charge in [-0.25, -0.2) is 9.78 Å². The number of hydrogen-bond donors (Lipinski definition) is 1. The van der Waals surface area contributed by atoms with Crippen molar-refractivity contribution in [2.45, 2.75) is 52.2 Å². The zero-order valence-electron chi connectivity index (χ0n) is 17.2. The maximum atomic E-state index is 12.9. The minimum absolute atomic E-state index is 0.0851. The first-order chi connectivity index (χ1) is 14.4. The molecule has 0 unspecified atom stereocenters. The molecule has 3 amide bonds. The smallest absolute Gasteiger partial charge is 0.324 e. The molecule has 1 aromatic carbocycles. The van der Waals surface area contributed by atoms with E-state index in [1.807, 2.05) is 24.3 Å². The third kappa shape index (κ3) is 4.67. The Kier molecular flexibility index (Phi) is 6.81. The average Bonchev–Trinajstić information content (AvgIpc) is 3.16. The minimum Gasteiger partial charge on any atom is -0.453 e. The second-order valence-electron chi connectivity index (χ2n) is 7.21. The maximum absolute atomic E-state index is 12.9. The second kappa shape index (κ2) is 9.51. The van der Waals surface area contributed by atoms with Crippen molar-refractivity contribution in [1.82, 2.24) is 19.8 Å². The predicted molar refractivity (Wildman–Crippen MR) is 110 cm³/mol. The number of amides is 3. The molecule has 1 saturated heterocycles. The fourth-order valence-corrected chi connectivity index (χ4v) is 3.37. The summed E-state index contributed by atoms with van der Waals surface area (Å²) in [7, 11) is 0. The van der Waals surface area contributed by atoms with Crippen LogP contribution in [0.1, 0.15) is 38.8 Å². The van der Waals surface area contributed by atoms with E-state index >= 15 is 0 Å². The van der Waals surface area contributed by atoms with Crippen LogP contribution in [0.25, 0.3) is 11.0 Å². The van der Waals surface area contributed by atoms with Crippen molar-refractivity contribution in [3.8, 4) is 0 Å². The first-order valence-electron chi connectivity index (χ1n) is 10.2. The number of aryl methyl sites for hydroxylation is 2. The normalized spacial score (nSPS) is 14.6. The highest BCUT2D eigenvalue weighted by Gasteiger charge is 2.31. The molecule has 30 heavy (non-hydrogen) atoms. The predicted octanol–water partition coefficient (Wildman–Crippen LogP) is 1.61. The van der Waals surface area contributed by atoms with Crippen LogP contribution in [0.4, 0.5) is 4.79 Å². The SMILES string of the molecule is CCCCn1c(=O)c(CCC(=O)O[C@@H](C)C(=O)N2CCNC2=O)nc2ccccc21. The van der Waals surface area contributed by atoms with Gasteiger partial charge in [0.15, 0.2) is 6.10 Å². The number of aromatic nitrogens is 2. The van der Waals surface area contributed by atoms with Gasteiger partial charge in [0.05, 0.1) is 17.5 Å². The lowest BCUT2D eigenvalue weighted by molar-refractivity contribution is -0.157. The molecule has 1 aliphatic rings. The van der Waals surface area contributed by atoms with Gasteiger partial charge in [0, 0.05) is 26.1 Å². The van der Waals surface area contributed by atoms with Gasteiger partial charge >= 0.3 is 12.0 Å². The number of fused-ring (bicyclic) bond motifs is 1. The van der Waals surface area contributed by atoms with Crippen molar-refractivity contribution in [3.05, 3.63) is 40.3 Å². The van der Waals surface area contributed by atoms with Crippen LogP contribution in [0.3, 0.4) is 0 Å². The van der Waals surface area contributed by atoms with Crippen molar-refractivity contribution >= 4 is 28.9 Å². The second-order valence-corrected chi connectivity index (χ2v) is 7.21. The summed E-state index contributed by atoms with van der Waals surface area (Å²) in [6.45, 7) is 4.69. The van der Waals surface area contributed by atoms with Crippen LogP contribution in [-0.2, 0) is 27.3 Å². The van der Waals surface area contributed by atoms with Crippen molar-refractivity contribution in [2.75, 3.05) is 13.1 Å². The van der Waals surface area contributed by atoms with Crippen LogP contribution in [0.5, 0.6) is 0 Å². The third-order valence-electron chi connectivity index (χ3n) is 5.00. The van der Waals surface area contributed by atoms with E-state index in [0.29, 0.717) is 24.3 Å². The van der Waals surface area contributed by atoms with Crippen molar-refractivity contribution in [2.24, 2.45) is 0 Å². The highest BCUT2D eigenvalue weighted by molar-refractivity contribution is 5.98. The molecule has 1 aromatic heterocycles. The highest BCUT2D eigenvalue weighted by Crippen LogP contribution is 2.12. The first-order valence-corrected chi connectivity index (χ1v) is 10.2. The Morgan fingerprint density at radius 1 is 1.27 bits per heavy atom. The number of urea groups is 1. The van der Waals surface area contributed by atoms with Crippen molar-refractivity contribution < 1.29 is 19.1 Å². The lowest BCUT2D eigenvalue weighted by Crippen LogP contribution is -2.41. The molecule has 2 aromatic rings. The Balaban J connectivity index is 1.68. The summed E-state index contributed by atoms with van der Waals surface area (Å²) in [4.78, 5) is 54.4. The molecule has 3 rings (SSSR count). The topological polar surface area (TPSA) is 111 Å². The van der Waals surface area contributed by atoms with E-state index in [0.717, 1.165) is 23.3 Å². The van der Waals surface area contributed by atoms with E-state index in [2.05, 4.69) is 17.2 Å². The number of benzene rings is 1. The highest BCUT2D eigenvalue weighted by atomic mass is 16.5. The molecule has 1 fully saturated rings. The van der Waals surface area contributed by atoms with E-state index in [-0.39, 0.29) is 24.9 Å². The van der Waals surface area contributed by atoms with Crippen molar-refractivity contribution in [1.29, 1.82) is 0 Å². The van der Waals surface area contributed by atoms with Gasteiger partial charge in [-0.3, -0.25) is 19.3 Å². The number of imide groups is 1. The standard InChI is InChI=1S/C21H26N4O5/c1-3-4-12-24-17-8-6-5-7-15(17)23-16(20(24)28)9-10-18(26)30-14(2)19(27)25-13-11-22-21(25)29/h5-8,14H,3-4,9-13H2,1-2H3,(H,22,29)/t14-/m0/s1. The van der Waals surface area contributed by atoms with Gasteiger partial charge in [0.25, 0.3) is 11.5 Å². The summed E-state index contributed by atoms with van der Waals surface area (Å²) in [5.41, 5.74) is 1.54. The van der Waals surface area contributed by atoms with E-state index in [1.165, 1.54) is 6.92 Å². The van der Waals surface area contributed by atoms with E-state index in [4.69, 9.17) is 4.74 Å². The zero-order valence-corrected chi connectivity index (χ0v) is 17.2. The number of esters is 1. The summed E-state index contributed by atoms with van der Waals surface area (Å²) in [6.07, 6.45) is 0.759. The molecule has 0 bridgehead atoms. The Labute approximate surface area is 174 Å². The molecule has 0 saturated carbocycles. The van der Waals surface area contributed by atoms with Crippen molar-refractivity contribution in [3.63, 3.8) is 0 Å². The number of carbonyl (C=O) groups is 3. The Bertz CT molecular complexity index is 1020. The Morgan fingerprint density at radius 2 is 2.03 bits per heavy atom. The van der Waals surface area contributed by atoms with Crippen LogP contribution >= 0.6 is 0 Å². The number of ether oxygens (including phenoxy) is 1. The molecule has 9 nitrogen and oxygen atoms in total. The first kappa shape index (κ1) is 21.5. The molecule has 0 aliphatic carbocycles. The van der Waals surface area contributed by atoms with Crippen LogP contribution in [0, 0.1) is 0 Å². The van der Waals surface area contributed by atoms with Gasteiger partial charge in [-0.2, -0.15) is 0 Å². The van der Waals surface area contributed by atoms with Gasteiger partial charge < -0.3 is 14.6 Å². The number of nitrogens with one attached hydrogen (secondary N) is 1. The molecular formula is C21H26N4O5. The molecule has 1 aliphatic heterocycles. The number of carbonyl (C=O) groups excluding carboxylic acids is 3. The third-order valence-corrected chi connectivity index (χ3v) is 5.00. The number of unbranched alkanes of at least 4 members (excludes halogenated alkanes) is 1. The van der Waals surface area contributed by atoms with E-state index < -0.39 is 24.0 Å². The van der Waals surface area contributed by atoms with Gasteiger partial charge in [0.1, 0.15) is 5.69 Å². The number of hydrogen-bond acceptors (Lipinski definition) is 6. The fourth-order valence-electron chi connectivity index (χ4n) is 3.37. The average molecular weight is 414 g/mol. The van der Waals surface area contributed by atoms with Crippen LogP contribution in [-0.4, -0.2) is 51.6 Å². The summed E-state index contributed by atoms with van der Waals surface area (Å²) >= 11 is 0. The van der Waals surface area contributed by atoms with E-state index in [9.17, 15) is 19.2 Å². The number of nitrogens with zero attached hydrogens (tertiary/aromatic N) is 3. The summed E-state index contributed by atoms with van der Waals surface area (Å²) < 4.78 is 6.87. The number of para-hydroxylation sites is 2. The zero-order chi connectivity index (χ0) is 21.7. The molecule has 0 radical (unpaired) electrons. The number of rotatable bonds is 8. The van der Waals surface area contributed by atoms with Gasteiger partial charge in [-0.05, 0) is 25.5 Å². The molecule has 160 valence electrons.